The fourth-order valence-corrected chi connectivity index (χ4v) is 3.98. The van der Waals surface area contributed by atoms with Crippen LogP contribution in [0, 0.1) is 6.92 Å². The summed E-state index contributed by atoms with van der Waals surface area (Å²) in [5.41, 5.74) is 4.11. The normalized spacial score (nSPS) is 16.3. The Morgan fingerprint density at radius 1 is 1.20 bits per heavy atom. The Morgan fingerprint density at radius 2 is 2.10 bits per heavy atom. The maximum Gasteiger partial charge on any atom is 0.227 e. The van der Waals surface area contributed by atoms with Gasteiger partial charge in [-0.15, -0.1) is 0 Å². The molecule has 4 rings (SSSR count). The molecule has 1 atom stereocenters. The number of amides is 1. The summed E-state index contributed by atoms with van der Waals surface area (Å²) >= 11 is 0. The van der Waals surface area contributed by atoms with Crippen molar-refractivity contribution < 1.29 is 4.79 Å². The van der Waals surface area contributed by atoms with Gasteiger partial charge < -0.3 is 10.2 Å². The second kappa shape index (κ2) is 9.03. The van der Waals surface area contributed by atoms with Crippen LogP contribution in [0.5, 0.6) is 0 Å². The van der Waals surface area contributed by atoms with E-state index in [1.165, 1.54) is 5.56 Å². The largest absolute Gasteiger partial charge is 0.373 e. The molecule has 1 aromatic carbocycles. The molecule has 1 fully saturated rings. The van der Waals surface area contributed by atoms with E-state index < -0.39 is 0 Å². The van der Waals surface area contributed by atoms with E-state index in [2.05, 4.69) is 34.3 Å². The molecule has 30 heavy (non-hydrogen) atoms. The Morgan fingerprint density at radius 3 is 2.87 bits per heavy atom. The molecule has 1 aliphatic heterocycles. The minimum Gasteiger partial charge on any atom is -0.373 e. The van der Waals surface area contributed by atoms with E-state index in [1.54, 1.807) is 12.4 Å². The lowest BCUT2D eigenvalue weighted by Crippen LogP contribution is -2.40. The van der Waals surface area contributed by atoms with Crippen LogP contribution in [-0.4, -0.2) is 45.9 Å². The van der Waals surface area contributed by atoms with E-state index in [4.69, 9.17) is 4.98 Å². The van der Waals surface area contributed by atoms with Crippen LogP contribution in [0.15, 0.2) is 54.9 Å². The number of benzene rings is 1. The third kappa shape index (κ3) is 4.64. The zero-order valence-corrected chi connectivity index (χ0v) is 17.5. The number of rotatable bonds is 5. The molecule has 6 nitrogen and oxygen atoms in total. The summed E-state index contributed by atoms with van der Waals surface area (Å²) in [6.07, 6.45) is 5.95. The van der Waals surface area contributed by atoms with E-state index >= 15 is 0 Å². The quantitative estimate of drug-likeness (QED) is 0.703. The van der Waals surface area contributed by atoms with Gasteiger partial charge in [0.15, 0.2) is 5.82 Å². The minimum atomic E-state index is 0.181. The van der Waals surface area contributed by atoms with Gasteiger partial charge >= 0.3 is 0 Å². The molecule has 154 valence electrons. The van der Waals surface area contributed by atoms with Crippen molar-refractivity contribution in [3.8, 4) is 11.4 Å². The molecule has 0 spiro atoms. The molecular weight excluding hydrogens is 374 g/mol. The number of nitrogens with one attached hydrogen (secondary N) is 1. The van der Waals surface area contributed by atoms with Crippen LogP contribution in [0.2, 0.25) is 0 Å². The molecule has 0 radical (unpaired) electrons. The van der Waals surface area contributed by atoms with Crippen molar-refractivity contribution in [2.75, 3.05) is 25.5 Å². The summed E-state index contributed by atoms with van der Waals surface area (Å²) in [4.78, 5) is 28.5. The van der Waals surface area contributed by atoms with Crippen molar-refractivity contribution >= 4 is 11.7 Å². The molecule has 0 saturated carbocycles. The minimum absolute atomic E-state index is 0.181. The monoisotopic (exact) mass is 401 g/mol. The number of likely N-dealkylation sites (tertiary alicyclic amines) is 1. The molecule has 3 aromatic rings. The van der Waals surface area contributed by atoms with Crippen LogP contribution in [0.25, 0.3) is 11.4 Å². The molecular formula is C24H27N5O. The summed E-state index contributed by atoms with van der Waals surface area (Å²) in [6, 6.07) is 14.0. The first-order chi connectivity index (χ1) is 14.6. The lowest BCUT2D eigenvalue weighted by Gasteiger charge is -2.33. The Bertz CT molecular complexity index is 1020. The van der Waals surface area contributed by atoms with Crippen molar-refractivity contribution in [3.05, 3.63) is 71.7 Å². The molecule has 1 N–H and O–H groups in total. The van der Waals surface area contributed by atoms with E-state index in [9.17, 15) is 4.79 Å². The second-order valence-corrected chi connectivity index (χ2v) is 7.84. The zero-order valence-electron chi connectivity index (χ0n) is 17.5. The predicted octanol–water partition coefficient (Wildman–Crippen LogP) is 3.84. The lowest BCUT2D eigenvalue weighted by atomic mass is 9.93. The summed E-state index contributed by atoms with van der Waals surface area (Å²) in [5.74, 6) is 1.82. The summed E-state index contributed by atoms with van der Waals surface area (Å²) in [6.45, 7) is 3.55. The highest BCUT2D eigenvalue weighted by Crippen LogP contribution is 2.29. The maximum absolute atomic E-state index is 12.9. The van der Waals surface area contributed by atoms with Crippen molar-refractivity contribution in [2.45, 2.75) is 32.1 Å². The number of pyridine rings is 1. The number of aromatic nitrogens is 3. The molecule has 0 bridgehead atoms. The zero-order chi connectivity index (χ0) is 20.9. The lowest BCUT2D eigenvalue weighted by molar-refractivity contribution is -0.131. The van der Waals surface area contributed by atoms with Gasteiger partial charge in [0.05, 0.1) is 12.1 Å². The van der Waals surface area contributed by atoms with E-state index in [1.807, 2.05) is 42.3 Å². The average molecular weight is 402 g/mol. The van der Waals surface area contributed by atoms with E-state index in [0.29, 0.717) is 18.8 Å². The van der Waals surface area contributed by atoms with Gasteiger partial charge in [0.25, 0.3) is 0 Å². The first-order valence-electron chi connectivity index (χ1n) is 10.4. The Labute approximate surface area is 177 Å². The molecule has 3 heterocycles. The van der Waals surface area contributed by atoms with Gasteiger partial charge in [-0.05, 0) is 37.5 Å². The van der Waals surface area contributed by atoms with Crippen LogP contribution in [0.1, 0.15) is 35.6 Å². The molecule has 1 amide bonds. The number of nitrogens with zero attached hydrogens (tertiary/aromatic N) is 4. The summed E-state index contributed by atoms with van der Waals surface area (Å²) in [7, 11) is 1.86. The third-order valence-corrected chi connectivity index (χ3v) is 5.55. The molecule has 0 unspecified atom stereocenters. The standard InChI is InChI=1S/C24H27N5O/c1-17-6-3-7-18(12-17)13-23(30)29-11-5-9-20(16-29)21-14-22(25-2)28-24(27-21)19-8-4-10-26-15-19/h3-4,6-8,10,12,14-15,20H,5,9,11,13,16H2,1-2H3,(H,25,27,28)/t20-/m1/s1. The van der Waals surface area contributed by atoms with Gasteiger partial charge in [-0.25, -0.2) is 9.97 Å². The van der Waals surface area contributed by atoms with Gasteiger partial charge in [0.2, 0.25) is 5.91 Å². The van der Waals surface area contributed by atoms with Gasteiger partial charge in [-0.2, -0.15) is 0 Å². The third-order valence-electron chi connectivity index (χ3n) is 5.55. The molecule has 0 aliphatic carbocycles. The van der Waals surface area contributed by atoms with Gasteiger partial charge in [-0.1, -0.05) is 29.8 Å². The Hall–Kier alpha value is -3.28. The number of hydrogen-bond acceptors (Lipinski definition) is 5. The Kier molecular flexibility index (Phi) is 6.02. The highest BCUT2D eigenvalue weighted by Gasteiger charge is 2.26. The number of aryl methyl sites for hydroxylation is 1. The van der Waals surface area contributed by atoms with Gasteiger partial charge in [0.1, 0.15) is 5.82 Å². The van der Waals surface area contributed by atoms with Crippen LogP contribution in [0.3, 0.4) is 0 Å². The summed E-state index contributed by atoms with van der Waals surface area (Å²) < 4.78 is 0. The average Bonchev–Trinajstić information content (AvgIpc) is 2.79. The first-order valence-corrected chi connectivity index (χ1v) is 10.4. The molecule has 6 heteroatoms. The summed E-state index contributed by atoms with van der Waals surface area (Å²) in [5, 5.41) is 3.14. The number of piperidine rings is 1. The number of carbonyl (C=O) groups excluding carboxylic acids is 1. The fourth-order valence-electron chi connectivity index (χ4n) is 3.98. The topological polar surface area (TPSA) is 71.0 Å². The Balaban J connectivity index is 1.53. The van der Waals surface area contributed by atoms with E-state index in [-0.39, 0.29) is 11.8 Å². The number of anilines is 1. The smallest absolute Gasteiger partial charge is 0.227 e. The maximum atomic E-state index is 12.9. The SMILES string of the molecule is CNc1cc([C@@H]2CCCN(C(=O)Cc3cccc(C)c3)C2)nc(-c2cccnc2)n1. The molecule has 1 aliphatic rings. The van der Waals surface area contributed by atoms with Crippen LogP contribution >= 0.6 is 0 Å². The van der Waals surface area contributed by atoms with Crippen molar-refractivity contribution in [1.29, 1.82) is 0 Å². The van der Waals surface area contributed by atoms with Crippen molar-refractivity contribution in [2.24, 2.45) is 0 Å². The van der Waals surface area contributed by atoms with Crippen LogP contribution in [-0.2, 0) is 11.2 Å². The predicted molar refractivity (Wildman–Crippen MR) is 118 cm³/mol. The molecule has 2 aromatic heterocycles. The highest BCUT2D eigenvalue weighted by molar-refractivity contribution is 5.79. The fraction of sp³-hybridized carbons (Fsp3) is 0.333. The van der Waals surface area contributed by atoms with Crippen molar-refractivity contribution in [3.63, 3.8) is 0 Å². The first kappa shape index (κ1) is 20.0. The number of carbonyl (C=O) groups is 1. The second-order valence-electron chi connectivity index (χ2n) is 7.84. The van der Waals surface area contributed by atoms with E-state index in [0.717, 1.165) is 42.0 Å². The highest BCUT2D eigenvalue weighted by atomic mass is 16.2. The van der Waals surface area contributed by atoms with Crippen LogP contribution < -0.4 is 5.32 Å². The van der Waals surface area contributed by atoms with Crippen LogP contribution in [0.4, 0.5) is 5.82 Å². The molecule has 1 saturated heterocycles. The van der Waals surface area contributed by atoms with Gasteiger partial charge in [0, 0.05) is 50.1 Å². The number of hydrogen-bond donors (Lipinski definition) is 1. The van der Waals surface area contributed by atoms with Gasteiger partial charge in [-0.3, -0.25) is 9.78 Å². The van der Waals surface area contributed by atoms with Crippen molar-refractivity contribution in [1.82, 2.24) is 19.9 Å².